The Morgan fingerprint density at radius 2 is 2.08 bits per heavy atom. The Kier molecular flexibility index (Phi) is 4.42. The van der Waals surface area contributed by atoms with Gasteiger partial charge in [0.05, 0.1) is 6.20 Å². The van der Waals surface area contributed by atoms with E-state index in [1.165, 1.54) is 0 Å². The number of ether oxygens (including phenoxy) is 2. The number of nitrogens with one attached hydrogen (secondary N) is 1. The van der Waals surface area contributed by atoms with Gasteiger partial charge in [-0.05, 0) is 50.5 Å². The van der Waals surface area contributed by atoms with Crippen molar-refractivity contribution in [1.82, 2.24) is 10.3 Å². The Morgan fingerprint density at radius 3 is 2.88 bits per heavy atom. The van der Waals surface area contributed by atoms with Crippen LogP contribution in [0, 0.1) is 0 Å². The lowest BCUT2D eigenvalue weighted by molar-refractivity contribution is 0.0524. The Balaban J connectivity index is 1.80. The highest BCUT2D eigenvalue weighted by molar-refractivity contribution is 5.67. The maximum absolute atomic E-state index is 12.0. The molecule has 0 saturated carbocycles. The van der Waals surface area contributed by atoms with Crippen LogP contribution in [-0.2, 0) is 11.2 Å². The molecule has 1 atom stereocenters. The maximum Gasteiger partial charge on any atom is 0.407 e. The number of amides is 1. The van der Waals surface area contributed by atoms with Crippen molar-refractivity contribution in [3.8, 4) is 11.5 Å². The summed E-state index contributed by atoms with van der Waals surface area (Å²) in [7, 11) is 0. The average molecular weight is 326 g/mol. The van der Waals surface area contributed by atoms with Crippen molar-refractivity contribution >= 4 is 6.09 Å². The predicted octanol–water partition coefficient (Wildman–Crippen LogP) is 4.04. The van der Waals surface area contributed by atoms with Crippen molar-refractivity contribution in [3.05, 3.63) is 53.9 Å². The Morgan fingerprint density at radius 1 is 1.29 bits per heavy atom. The molecule has 0 radical (unpaired) electrons. The number of hydrogen-bond acceptors (Lipinski definition) is 4. The van der Waals surface area contributed by atoms with Gasteiger partial charge in [0, 0.05) is 18.7 Å². The summed E-state index contributed by atoms with van der Waals surface area (Å²) >= 11 is 0. The molecule has 2 aromatic rings. The third-order valence-corrected chi connectivity index (χ3v) is 3.81. The van der Waals surface area contributed by atoms with Crippen molar-refractivity contribution in [3.63, 3.8) is 0 Å². The van der Waals surface area contributed by atoms with E-state index in [9.17, 15) is 4.79 Å². The molecule has 3 rings (SSSR count). The Hall–Kier alpha value is -2.56. The summed E-state index contributed by atoms with van der Waals surface area (Å²) in [5, 5.41) is 2.88. The van der Waals surface area contributed by atoms with E-state index in [2.05, 4.69) is 10.3 Å². The molecular formula is C19H22N2O3. The first-order chi connectivity index (χ1) is 11.4. The number of nitrogens with zero attached hydrogens (tertiary/aromatic N) is 1. The molecule has 1 amide bonds. The van der Waals surface area contributed by atoms with Crippen LogP contribution in [0.5, 0.6) is 11.5 Å². The Labute approximate surface area is 142 Å². The fourth-order valence-corrected chi connectivity index (χ4v) is 2.78. The van der Waals surface area contributed by atoms with E-state index in [1.54, 1.807) is 12.4 Å². The second kappa shape index (κ2) is 6.51. The van der Waals surface area contributed by atoms with E-state index in [0.717, 1.165) is 29.0 Å². The van der Waals surface area contributed by atoms with E-state index in [-0.39, 0.29) is 5.92 Å². The SMILES string of the molecule is CC(C)(C)OC(=O)NC[C@H]1Cc2ccncc2Oc2ccccc21. The quantitative estimate of drug-likeness (QED) is 0.905. The molecule has 1 aromatic heterocycles. The third kappa shape index (κ3) is 3.85. The molecule has 0 fully saturated rings. The first-order valence-corrected chi connectivity index (χ1v) is 8.09. The van der Waals surface area contributed by atoms with Crippen LogP contribution < -0.4 is 10.1 Å². The van der Waals surface area contributed by atoms with Gasteiger partial charge >= 0.3 is 6.09 Å². The molecule has 126 valence electrons. The van der Waals surface area contributed by atoms with Gasteiger partial charge in [0.2, 0.25) is 0 Å². The van der Waals surface area contributed by atoms with Crippen LogP contribution in [-0.4, -0.2) is 23.2 Å². The smallest absolute Gasteiger partial charge is 0.407 e. The second-order valence-electron chi connectivity index (χ2n) is 6.91. The largest absolute Gasteiger partial charge is 0.455 e. The molecule has 1 aromatic carbocycles. The zero-order valence-corrected chi connectivity index (χ0v) is 14.2. The molecule has 1 aliphatic heterocycles. The van der Waals surface area contributed by atoms with Crippen LogP contribution in [0.2, 0.25) is 0 Å². The predicted molar refractivity (Wildman–Crippen MR) is 91.4 cm³/mol. The number of aromatic nitrogens is 1. The van der Waals surface area contributed by atoms with Gasteiger partial charge in [-0.1, -0.05) is 18.2 Å². The topological polar surface area (TPSA) is 60.5 Å². The minimum Gasteiger partial charge on any atom is -0.455 e. The maximum atomic E-state index is 12.0. The molecule has 2 heterocycles. The van der Waals surface area contributed by atoms with Gasteiger partial charge in [-0.15, -0.1) is 0 Å². The van der Waals surface area contributed by atoms with Gasteiger partial charge in [0.1, 0.15) is 17.1 Å². The van der Waals surface area contributed by atoms with Crippen LogP contribution in [0.15, 0.2) is 42.7 Å². The van der Waals surface area contributed by atoms with Crippen LogP contribution in [0.25, 0.3) is 0 Å². The molecule has 0 unspecified atom stereocenters. The van der Waals surface area contributed by atoms with Crippen molar-refractivity contribution in [2.45, 2.75) is 38.7 Å². The van der Waals surface area contributed by atoms with Crippen molar-refractivity contribution < 1.29 is 14.3 Å². The molecule has 0 spiro atoms. The molecule has 0 aliphatic carbocycles. The first kappa shape index (κ1) is 16.3. The fourth-order valence-electron chi connectivity index (χ4n) is 2.78. The normalized spacial score (nSPS) is 16.2. The van der Waals surface area contributed by atoms with E-state index in [0.29, 0.717) is 6.54 Å². The van der Waals surface area contributed by atoms with Crippen LogP contribution >= 0.6 is 0 Å². The lowest BCUT2D eigenvalue weighted by atomic mass is 9.92. The molecular weight excluding hydrogens is 304 g/mol. The van der Waals surface area contributed by atoms with Gasteiger partial charge in [0.15, 0.2) is 0 Å². The monoisotopic (exact) mass is 326 g/mol. The van der Waals surface area contributed by atoms with Gasteiger partial charge in [-0.2, -0.15) is 0 Å². The molecule has 0 bridgehead atoms. The van der Waals surface area contributed by atoms with E-state index in [4.69, 9.17) is 9.47 Å². The zero-order valence-electron chi connectivity index (χ0n) is 14.2. The summed E-state index contributed by atoms with van der Waals surface area (Å²) in [6.45, 7) is 6.04. The molecule has 5 nitrogen and oxygen atoms in total. The zero-order chi connectivity index (χ0) is 17.2. The number of carbonyl (C=O) groups is 1. The lowest BCUT2D eigenvalue weighted by Gasteiger charge is -2.22. The number of para-hydroxylation sites is 1. The number of rotatable bonds is 2. The highest BCUT2D eigenvalue weighted by Gasteiger charge is 2.24. The summed E-state index contributed by atoms with van der Waals surface area (Å²) in [4.78, 5) is 16.1. The summed E-state index contributed by atoms with van der Waals surface area (Å²) in [5.41, 5.74) is 1.65. The minimum absolute atomic E-state index is 0.109. The highest BCUT2D eigenvalue weighted by Crippen LogP contribution is 2.38. The average Bonchev–Trinajstić information content (AvgIpc) is 2.67. The number of hydrogen-bond donors (Lipinski definition) is 1. The molecule has 24 heavy (non-hydrogen) atoms. The summed E-state index contributed by atoms with van der Waals surface area (Å²) in [5.74, 6) is 1.68. The summed E-state index contributed by atoms with van der Waals surface area (Å²) < 4.78 is 11.3. The number of benzene rings is 1. The van der Waals surface area contributed by atoms with Gasteiger partial charge in [-0.3, -0.25) is 4.98 Å². The molecule has 1 N–H and O–H groups in total. The number of alkyl carbamates (subject to hydrolysis) is 1. The number of carbonyl (C=O) groups excluding carboxylic acids is 1. The van der Waals surface area contributed by atoms with Crippen LogP contribution in [0.1, 0.15) is 37.8 Å². The van der Waals surface area contributed by atoms with Crippen LogP contribution in [0.3, 0.4) is 0 Å². The third-order valence-electron chi connectivity index (χ3n) is 3.81. The van der Waals surface area contributed by atoms with E-state index in [1.807, 2.05) is 51.1 Å². The van der Waals surface area contributed by atoms with Gasteiger partial charge in [0.25, 0.3) is 0 Å². The van der Waals surface area contributed by atoms with Crippen molar-refractivity contribution in [2.24, 2.45) is 0 Å². The molecule has 5 heteroatoms. The summed E-state index contributed by atoms with van der Waals surface area (Å²) in [6, 6.07) is 9.87. The van der Waals surface area contributed by atoms with Gasteiger partial charge < -0.3 is 14.8 Å². The minimum atomic E-state index is -0.507. The Bertz CT molecular complexity index is 737. The van der Waals surface area contributed by atoms with Crippen molar-refractivity contribution in [1.29, 1.82) is 0 Å². The first-order valence-electron chi connectivity index (χ1n) is 8.09. The molecule has 0 saturated heterocycles. The van der Waals surface area contributed by atoms with E-state index < -0.39 is 11.7 Å². The standard InChI is InChI=1S/C19H22N2O3/c1-19(2,3)24-18(22)21-11-14-10-13-8-9-20-12-17(13)23-16-7-5-4-6-15(14)16/h4-9,12,14H,10-11H2,1-3H3,(H,21,22)/t14-/m1/s1. The van der Waals surface area contributed by atoms with Crippen LogP contribution in [0.4, 0.5) is 4.79 Å². The summed E-state index contributed by atoms with van der Waals surface area (Å²) in [6.07, 6.45) is 3.86. The lowest BCUT2D eigenvalue weighted by Crippen LogP contribution is -2.35. The highest BCUT2D eigenvalue weighted by atomic mass is 16.6. The number of fused-ring (bicyclic) bond motifs is 2. The van der Waals surface area contributed by atoms with E-state index >= 15 is 0 Å². The van der Waals surface area contributed by atoms with Crippen molar-refractivity contribution in [2.75, 3.05) is 6.54 Å². The molecule has 1 aliphatic rings. The van der Waals surface area contributed by atoms with Gasteiger partial charge in [-0.25, -0.2) is 4.79 Å². The fraction of sp³-hybridized carbons (Fsp3) is 0.368. The second-order valence-corrected chi connectivity index (χ2v) is 6.91. The number of pyridine rings is 1.